The van der Waals surface area contributed by atoms with Gasteiger partial charge in [0.05, 0.1) is 201 Å². The molecule has 34 heteroatoms. The van der Waals surface area contributed by atoms with Crippen molar-refractivity contribution in [2.75, 3.05) is 184 Å². The van der Waals surface area contributed by atoms with Gasteiger partial charge in [0.2, 0.25) is 23.6 Å². The molecule has 0 saturated carbocycles. The molecule has 3 saturated heterocycles. The number of carbonyl (C=O) groups excluding carboxylic acids is 5. The van der Waals surface area contributed by atoms with Crippen molar-refractivity contribution in [3.8, 4) is 11.3 Å². The SMILES string of the molecule is CCCCC(=O)NCCCCCCO[C@]1(C(=O)O)C[C@H](O)[C@@H](NC(=O)CO)[C@H]([C@H](O)[C@H](O)CNC(=O)Cc2ccc(-c3cn(CCOCCOCCOCCOCCOCCOCCOCCOCCOCCOCCOCCNC(=O)CCCC[C@@H]4SC[C@@H]5NC(=O)N[C@@H]54)nn3)cc2)O1. The Morgan fingerprint density at radius 2 is 1.17 bits per heavy atom. The number of urea groups is 1. The predicted molar refractivity (Wildman–Crippen MR) is 362 cm³/mol. The number of carboxylic acids is 1. The molecule has 1 aromatic carbocycles. The lowest BCUT2D eigenvalue weighted by molar-refractivity contribution is -0.310. The van der Waals surface area contributed by atoms with Gasteiger partial charge in [0, 0.05) is 55.5 Å². The number of nitrogens with one attached hydrogen (secondary N) is 6. The molecule has 1 aromatic heterocycles. The molecular weight excluding hydrogens is 1330 g/mol. The monoisotopic (exact) mass is 1450 g/mol. The van der Waals surface area contributed by atoms with Gasteiger partial charge in [0.1, 0.15) is 24.5 Å². The maximum absolute atomic E-state index is 13.0. The lowest BCUT2D eigenvalue weighted by Gasteiger charge is -2.46. The first-order valence-electron chi connectivity index (χ1n) is 35.0. The van der Waals surface area contributed by atoms with Crippen molar-refractivity contribution in [1.29, 1.82) is 0 Å². The minimum atomic E-state index is -2.47. The fourth-order valence-electron chi connectivity index (χ4n) is 10.6. The Bertz CT molecular complexity index is 2550. The fourth-order valence-corrected chi connectivity index (χ4v) is 12.2. The summed E-state index contributed by atoms with van der Waals surface area (Å²) in [7, 11) is 0. The smallest absolute Gasteiger partial charge is 0.364 e. The summed E-state index contributed by atoms with van der Waals surface area (Å²) in [5, 5.41) is 78.5. The van der Waals surface area contributed by atoms with Crippen LogP contribution in [0.15, 0.2) is 30.5 Å². The van der Waals surface area contributed by atoms with Gasteiger partial charge < -0.3 is 119 Å². The molecule has 9 atom stereocenters. The Hall–Kier alpha value is -5.35. The first kappa shape index (κ1) is 85.3. The van der Waals surface area contributed by atoms with Crippen LogP contribution in [0.5, 0.6) is 0 Å². The molecule has 2 aromatic rings. The summed E-state index contributed by atoms with van der Waals surface area (Å²) in [4.78, 5) is 73.3. The highest BCUT2D eigenvalue weighted by Gasteiger charge is 2.56. The topological polar surface area (TPSA) is 426 Å². The highest BCUT2D eigenvalue weighted by atomic mass is 32.2. The lowest BCUT2D eigenvalue weighted by atomic mass is 9.88. The van der Waals surface area contributed by atoms with Crippen LogP contribution < -0.4 is 31.9 Å². The Balaban J connectivity index is 0.755. The number of hydrogen-bond acceptors (Lipinski definition) is 26. The second kappa shape index (κ2) is 52.6. The van der Waals surface area contributed by atoms with Gasteiger partial charge in [0.25, 0.3) is 5.79 Å². The quantitative estimate of drug-likeness (QED) is 0.0298. The van der Waals surface area contributed by atoms with Crippen LogP contribution in [0.4, 0.5) is 4.79 Å². The molecule has 570 valence electrons. The molecule has 0 bridgehead atoms. The summed E-state index contributed by atoms with van der Waals surface area (Å²) in [6, 6.07) is 5.89. The van der Waals surface area contributed by atoms with Crippen LogP contribution >= 0.6 is 11.8 Å². The average molecular weight is 1450 g/mol. The van der Waals surface area contributed by atoms with Gasteiger partial charge in [-0.05, 0) is 37.7 Å². The van der Waals surface area contributed by atoms with Crippen molar-refractivity contribution in [1.82, 2.24) is 46.9 Å². The number of aliphatic carboxylic acids is 1. The number of amides is 6. The van der Waals surface area contributed by atoms with Crippen molar-refractivity contribution in [2.24, 2.45) is 0 Å². The third kappa shape index (κ3) is 35.7. The highest BCUT2D eigenvalue weighted by molar-refractivity contribution is 8.00. The van der Waals surface area contributed by atoms with E-state index in [4.69, 9.17) is 61.6 Å². The summed E-state index contributed by atoms with van der Waals surface area (Å²) in [5.74, 6) is -4.60. The van der Waals surface area contributed by atoms with Gasteiger partial charge in [-0.25, -0.2) is 14.3 Å². The molecule has 100 heavy (non-hydrogen) atoms. The minimum Gasteiger partial charge on any atom is -0.477 e. The molecule has 4 heterocycles. The molecule has 3 aliphatic heterocycles. The number of hydrogen-bond donors (Lipinski definition) is 11. The first-order valence-corrected chi connectivity index (χ1v) is 36.1. The Labute approximate surface area is 589 Å². The van der Waals surface area contributed by atoms with E-state index < -0.39 is 73.6 Å². The fraction of sp³-hybridized carbons (Fsp3) is 0.788. The standard InChI is InChI=1S/C66H111N9O24S/c1-2-3-11-56(79)67-17-8-4-5-9-20-98-66(64(84)85)44-53(77)61(71-59(82)47-76)63(99-66)62(83)54(78)45-69-58(81)43-49-13-15-50(16-14-49)51-46-75(74-73-51)19-22-88-24-26-90-28-30-92-32-34-94-36-38-96-40-42-97-41-39-95-37-35-93-33-31-91-29-27-89-25-23-87-21-18-68-57(80)12-7-6-10-55-60-52(48-100-55)70-65(86)72-60/h13-16,46,52-55,60-63,76-78,83H,2-12,17-45,47-48H2,1H3,(H,67,79)(H,68,80)(H,69,81)(H,71,82)(H,84,85)(H2,70,72,86)/t52-,53-,54+,55-,60-,61+,62+,63+,66+/m0/s1. The summed E-state index contributed by atoms with van der Waals surface area (Å²) in [5.41, 5.74) is 1.96. The number of aromatic nitrogens is 3. The molecule has 0 spiro atoms. The van der Waals surface area contributed by atoms with E-state index in [-0.39, 0.29) is 43.0 Å². The normalized spacial score (nSPS) is 20.1. The van der Waals surface area contributed by atoms with Gasteiger partial charge in [-0.3, -0.25) is 19.2 Å². The van der Waals surface area contributed by atoms with Crippen LogP contribution in [0.3, 0.4) is 0 Å². The molecule has 6 amide bonds. The van der Waals surface area contributed by atoms with Crippen LogP contribution in [0.25, 0.3) is 11.3 Å². The van der Waals surface area contributed by atoms with Gasteiger partial charge in [-0.1, -0.05) is 62.1 Å². The van der Waals surface area contributed by atoms with Crippen LogP contribution in [-0.4, -0.2) is 314 Å². The summed E-state index contributed by atoms with van der Waals surface area (Å²) < 4.78 is 74.2. The van der Waals surface area contributed by atoms with Crippen molar-refractivity contribution in [3.05, 3.63) is 36.0 Å². The molecule has 3 fully saturated rings. The number of fused-ring (bicyclic) bond motifs is 1. The first-order chi connectivity index (χ1) is 48.7. The van der Waals surface area contributed by atoms with E-state index in [2.05, 4.69) is 42.2 Å². The molecule has 5 rings (SSSR count). The van der Waals surface area contributed by atoms with Gasteiger partial charge in [0.15, 0.2) is 0 Å². The summed E-state index contributed by atoms with van der Waals surface area (Å²) in [6.45, 7) is 11.3. The van der Waals surface area contributed by atoms with Gasteiger partial charge >= 0.3 is 12.0 Å². The van der Waals surface area contributed by atoms with E-state index in [0.29, 0.717) is 214 Å². The zero-order valence-electron chi connectivity index (χ0n) is 57.9. The zero-order valence-corrected chi connectivity index (χ0v) is 58.8. The van der Waals surface area contributed by atoms with Crippen molar-refractivity contribution in [3.63, 3.8) is 0 Å². The molecule has 3 aliphatic rings. The Morgan fingerprint density at radius 3 is 1.72 bits per heavy atom. The van der Waals surface area contributed by atoms with Crippen molar-refractivity contribution < 1.29 is 116 Å². The van der Waals surface area contributed by atoms with E-state index in [0.717, 1.165) is 49.8 Å². The number of carbonyl (C=O) groups is 6. The zero-order chi connectivity index (χ0) is 71.7. The number of rotatable bonds is 62. The van der Waals surface area contributed by atoms with Crippen molar-refractivity contribution >= 4 is 47.4 Å². The number of ether oxygens (including phenoxy) is 13. The van der Waals surface area contributed by atoms with E-state index in [9.17, 15) is 54.3 Å². The van der Waals surface area contributed by atoms with E-state index >= 15 is 0 Å². The van der Waals surface area contributed by atoms with Crippen LogP contribution in [0.1, 0.15) is 89.5 Å². The van der Waals surface area contributed by atoms with E-state index in [1.807, 2.05) is 18.7 Å². The van der Waals surface area contributed by atoms with Crippen LogP contribution in [0, 0.1) is 0 Å². The molecule has 33 nitrogen and oxygen atoms in total. The Kier molecular flexibility index (Phi) is 44.8. The van der Waals surface area contributed by atoms with Gasteiger partial charge in [-0.2, -0.15) is 11.8 Å². The minimum absolute atomic E-state index is 0.00697. The predicted octanol–water partition coefficient (Wildman–Crippen LogP) is -0.359. The third-order valence-electron chi connectivity index (χ3n) is 16.1. The molecular formula is C66H111N9O24S. The number of carboxylic acid groups (broad SMARTS) is 1. The number of nitrogens with zero attached hydrogens (tertiary/aromatic N) is 3. The van der Waals surface area contributed by atoms with E-state index in [1.165, 1.54) is 0 Å². The maximum atomic E-state index is 13.0. The number of benzene rings is 1. The maximum Gasteiger partial charge on any atom is 0.364 e. The molecule has 0 unspecified atom stereocenters. The largest absolute Gasteiger partial charge is 0.477 e. The number of thioether (sulfide) groups is 1. The third-order valence-corrected chi connectivity index (χ3v) is 17.6. The summed E-state index contributed by atoms with van der Waals surface area (Å²) >= 11 is 1.89. The molecule has 11 N–H and O–H groups in total. The van der Waals surface area contributed by atoms with Crippen LogP contribution in [-0.2, 0) is 98.5 Å². The second-order valence-corrected chi connectivity index (χ2v) is 25.2. The Morgan fingerprint density at radius 1 is 0.640 bits per heavy atom. The average Bonchev–Trinajstić information content (AvgIpc) is 1.01. The molecule has 0 aliphatic carbocycles. The van der Waals surface area contributed by atoms with E-state index in [1.54, 1.807) is 35.1 Å². The van der Waals surface area contributed by atoms with Gasteiger partial charge in [-0.15, -0.1) is 5.10 Å². The second-order valence-electron chi connectivity index (χ2n) is 23.9. The van der Waals surface area contributed by atoms with Crippen LogP contribution in [0.2, 0.25) is 0 Å². The number of unbranched alkanes of at least 4 members (excludes halogenated alkanes) is 5. The highest BCUT2D eigenvalue weighted by Crippen LogP contribution is 2.35. The number of aliphatic hydroxyl groups is 4. The molecule has 0 radical (unpaired) electrons. The number of aliphatic hydroxyl groups excluding tert-OH is 4. The summed E-state index contributed by atoms with van der Waals surface area (Å²) in [6.07, 6.45) is 1.77. The lowest BCUT2D eigenvalue weighted by Crippen LogP contribution is -2.68. The van der Waals surface area contributed by atoms with Crippen molar-refractivity contribution in [2.45, 2.75) is 151 Å².